The molecule has 0 radical (unpaired) electrons. The predicted octanol–water partition coefficient (Wildman–Crippen LogP) is 0.881. The summed E-state index contributed by atoms with van der Waals surface area (Å²) in [4.78, 5) is 14.2. The van der Waals surface area contributed by atoms with Gasteiger partial charge in [0, 0.05) is 19.3 Å². The van der Waals surface area contributed by atoms with Crippen molar-refractivity contribution in [3.05, 3.63) is 12.4 Å². The molecule has 2 heterocycles. The van der Waals surface area contributed by atoms with Crippen LogP contribution in [0, 0.1) is 0 Å². The molecule has 1 aromatic rings. The van der Waals surface area contributed by atoms with Gasteiger partial charge in [0.1, 0.15) is 6.54 Å². The van der Waals surface area contributed by atoms with Gasteiger partial charge in [0.2, 0.25) is 5.91 Å². The minimum absolute atomic E-state index is 0.0348. The van der Waals surface area contributed by atoms with Gasteiger partial charge in [0.25, 0.3) is 0 Å². The van der Waals surface area contributed by atoms with Gasteiger partial charge in [-0.15, -0.1) is 0 Å². The van der Waals surface area contributed by atoms with E-state index in [4.69, 9.17) is 10.5 Å². The van der Waals surface area contributed by atoms with Crippen LogP contribution in [0.15, 0.2) is 12.4 Å². The molecule has 1 saturated heterocycles. The largest absolute Gasteiger partial charge is 0.396 e. The van der Waals surface area contributed by atoms with Crippen LogP contribution >= 0.6 is 0 Å². The van der Waals surface area contributed by atoms with E-state index >= 15 is 0 Å². The van der Waals surface area contributed by atoms with E-state index in [1.165, 1.54) is 0 Å². The van der Waals surface area contributed by atoms with Crippen LogP contribution in [0.5, 0.6) is 0 Å². The lowest BCUT2D eigenvalue weighted by atomic mass is 9.99. The lowest BCUT2D eigenvalue weighted by Crippen LogP contribution is -2.59. The first kappa shape index (κ1) is 13.9. The van der Waals surface area contributed by atoms with Gasteiger partial charge in [0.15, 0.2) is 0 Å². The number of rotatable bonds is 2. The Morgan fingerprint density at radius 3 is 2.42 bits per heavy atom. The van der Waals surface area contributed by atoms with Gasteiger partial charge in [-0.25, -0.2) is 0 Å². The predicted molar refractivity (Wildman–Crippen MR) is 72.5 cm³/mol. The lowest BCUT2D eigenvalue weighted by molar-refractivity contribution is -0.188. The van der Waals surface area contributed by atoms with Gasteiger partial charge in [0.05, 0.1) is 23.1 Å². The Morgan fingerprint density at radius 2 is 1.95 bits per heavy atom. The van der Waals surface area contributed by atoms with Gasteiger partial charge >= 0.3 is 0 Å². The lowest BCUT2D eigenvalue weighted by Gasteiger charge is -2.47. The van der Waals surface area contributed by atoms with Gasteiger partial charge in [-0.3, -0.25) is 9.48 Å². The Hall–Kier alpha value is -1.56. The fourth-order valence-corrected chi connectivity index (χ4v) is 2.67. The molecule has 0 saturated carbocycles. The molecule has 106 valence electrons. The molecular weight excluding hydrogens is 244 g/mol. The van der Waals surface area contributed by atoms with Crippen molar-refractivity contribution in [1.29, 1.82) is 0 Å². The number of amides is 1. The summed E-state index contributed by atoms with van der Waals surface area (Å²) in [6, 6.07) is 0. The second kappa shape index (κ2) is 4.52. The molecule has 1 aliphatic rings. The van der Waals surface area contributed by atoms with Crippen LogP contribution in [0.1, 0.15) is 27.7 Å². The highest BCUT2D eigenvalue weighted by Gasteiger charge is 2.39. The monoisotopic (exact) mass is 266 g/mol. The van der Waals surface area contributed by atoms with Crippen molar-refractivity contribution < 1.29 is 9.53 Å². The number of nitrogen functional groups attached to an aromatic ring is 1. The molecule has 0 spiro atoms. The molecule has 19 heavy (non-hydrogen) atoms. The smallest absolute Gasteiger partial charge is 0.244 e. The maximum Gasteiger partial charge on any atom is 0.244 e. The van der Waals surface area contributed by atoms with Crippen LogP contribution in [-0.4, -0.2) is 44.9 Å². The van der Waals surface area contributed by atoms with Crippen LogP contribution in [0.3, 0.4) is 0 Å². The molecule has 0 unspecified atom stereocenters. The third-order valence-corrected chi connectivity index (χ3v) is 3.00. The number of nitrogens with two attached hydrogens (primary N) is 1. The minimum Gasteiger partial charge on any atom is -0.396 e. The molecular formula is C13H22N4O2. The number of hydrogen-bond acceptors (Lipinski definition) is 4. The first-order chi connectivity index (χ1) is 8.67. The van der Waals surface area contributed by atoms with Crippen LogP contribution in [0.4, 0.5) is 5.69 Å². The average Bonchev–Trinajstić information content (AvgIpc) is 2.59. The van der Waals surface area contributed by atoms with Crippen LogP contribution in [0.2, 0.25) is 0 Å². The molecule has 0 bridgehead atoms. The zero-order valence-corrected chi connectivity index (χ0v) is 12.0. The SMILES string of the molecule is CC1(C)CN(C(=O)Cn2cc(N)cn2)CC(C)(C)O1. The summed E-state index contributed by atoms with van der Waals surface area (Å²) in [5.74, 6) is 0.0348. The van der Waals surface area contributed by atoms with E-state index in [2.05, 4.69) is 5.10 Å². The van der Waals surface area contributed by atoms with E-state index in [-0.39, 0.29) is 23.7 Å². The normalized spacial score (nSPS) is 21.4. The van der Waals surface area contributed by atoms with Crippen molar-refractivity contribution in [2.45, 2.75) is 45.4 Å². The molecule has 0 aliphatic carbocycles. The summed E-state index contributed by atoms with van der Waals surface area (Å²) >= 11 is 0. The van der Waals surface area contributed by atoms with Crippen molar-refractivity contribution >= 4 is 11.6 Å². The standard InChI is InChI=1S/C13H22N4O2/c1-12(2)8-16(9-13(3,4)19-12)11(18)7-17-6-10(14)5-15-17/h5-6H,7-9,14H2,1-4H3. The molecule has 1 fully saturated rings. The highest BCUT2D eigenvalue weighted by atomic mass is 16.5. The summed E-state index contributed by atoms with van der Waals surface area (Å²) < 4.78 is 7.52. The van der Waals surface area contributed by atoms with Crippen molar-refractivity contribution in [2.75, 3.05) is 18.8 Å². The highest BCUT2D eigenvalue weighted by molar-refractivity contribution is 5.76. The molecule has 6 nitrogen and oxygen atoms in total. The Balaban J connectivity index is 2.06. The quantitative estimate of drug-likeness (QED) is 0.862. The maximum atomic E-state index is 12.3. The molecule has 0 atom stereocenters. The summed E-state index contributed by atoms with van der Waals surface area (Å²) in [5.41, 5.74) is 5.49. The third kappa shape index (κ3) is 3.47. The number of aromatic nitrogens is 2. The van der Waals surface area contributed by atoms with Gasteiger partial charge < -0.3 is 15.4 Å². The zero-order valence-electron chi connectivity index (χ0n) is 12.0. The van der Waals surface area contributed by atoms with Crippen molar-refractivity contribution in [3.8, 4) is 0 Å². The molecule has 1 amide bonds. The number of hydrogen-bond donors (Lipinski definition) is 1. The fraction of sp³-hybridized carbons (Fsp3) is 0.692. The number of ether oxygens (including phenoxy) is 1. The van der Waals surface area contributed by atoms with Crippen LogP contribution in [0.25, 0.3) is 0 Å². The number of carbonyl (C=O) groups excluding carboxylic acids is 1. The fourth-order valence-electron chi connectivity index (χ4n) is 2.67. The van der Waals surface area contributed by atoms with E-state index in [0.29, 0.717) is 18.8 Å². The minimum atomic E-state index is -0.333. The molecule has 1 aliphatic heterocycles. The van der Waals surface area contributed by atoms with Gasteiger partial charge in [-0.05, 0) is 27.7 Å². The van der Waals surface area contributed by atoms with E-state index in [0.717, 1.165) is 0 Å². The number of nitrogens with zero attached hydrogens (tertiary/aromatic N) is 3. The van der Waals surface area contributed by atoms with Crippen molar-refractivity contribution in [1.82, 2.24) is 14.7 Å². The van der Waals surface area contributed by atoms with E-state index in [1.807, 2.05) is 32.6 Å². The molecule has 2 N–H and O–H groups in total. The van der Waals surface area contributed by atoms with Crippen molar-refractivity contribution in [3.63, 3.8) is 0 Å². The molecule has 6 heteroatoms. The summed E-state index contributed by atoms with van der Waals surface area (Å²) in [6.07, 6.45) is 3.20. The topological polar surface area (TPSA) is 73.4 Å². The van der Waals surface area contributed by atoms with Crippen LogP contribution in [-0.2, 0) is 16.1 Å². The number of anilines is 1. The average molecular weight is 266 g/mol. The maximum absolute atomic E-state index is 12.3. The molecule has 0 aromatic carbocycles. The van der Waals surface area contributed by atoms with E-state index in [1.54, 1.807) is 17.1 Å². The summed E-state index contributed by atoms with van der Waals surface area (Å²) in [5, 5.41) is 4.04. The number of carbonyl (C=O) groups is 1. The highest BCUT2D eigenvalue weighted by Crippen LogP contribution is 2.28. The van der Waals surface area contributed by atoms with Gasteiger partial charge in [-0.1, -0.05) is 0 Å². The summed E-state index contributed by atoms with van der Waals surface area (Å²) in [7, 11) is 0. The van der Waals surface area contributed by atoms with E-state index in [9.17, 15) is 4.79 Å². The first-order valence-electron chi connectivity index (χ1n) is 6.43. The zero-order chi connectivity index (χ0) is 14.3. The van der Waals surface area contributed by atoms with Gasteiger partial charge in [-0.2, -0.15) is 5.10 Å². The Kier molecular flexibility index (Phi) is 3.30. The van der Waals surface area contributed by atoms with Crippen molar-refractivity contribution in [2.24, 2.45) is 0 Å². The molecule has 2 rings (SSSR count). The molecule has 1 aromatic heterocycles. The first-order valence-corrected chi connectivity index (χ1v) is 6.43. The second-order valence-electron chi connectivity index (χ2n) is 6.34. The number of morpholine rings is 1. The Labute approximate surface area is 113 Å². The van der Waals surface area contributed by atoms with E-state index < -0.39 is 0 Å². The Bertz CT molecular complexity index is 463. The summed E-state index contributed by atoms with van der Waals surface area (Å²) in [6.45, 7) is 9.39. The van der Waals surface area contributed by atoms with Crippen LogP contribution < -0.4 is 5.73 Å². The third-order valence-electron chi connectivity index (χ3n) is 3.00. The Morgan fingerprint density at radius 1 is 1.37 bits per heavy atom. The second-order valence-corrected chi connectivity index (χ2v) is 6.34.